The molecule has 122 valence electrons. The number of aryl methyl sites for hydroxylation is 1. The van der Waals surface area contributed by atoms with Crippen molar-refractivity contribution in [2.24, 2.45) is 0 Å². The van der Waals surface area contributed by atoms with Crippen LogP contribution in [0.25, 0.3) is 0 Å². The second-order valence-corrected chi connectivity index (χ2v) is 8.14. The van der Waals surface area contributed by atoms with Crippen LogP contribution in [0.1, 0.15) is 52.0 Å². The molecule has 0 radical (unpaired) electrons. The Balaban J connectivity index is 2.28. The lowest BCUT2D eigenvalue weighted by Crippen LogP contribution is -2.27. The lowest BCUT2D eigenvalue weighted by molar-refractivity contribution is -0.119. The van der Waals surface area contributed by atoms with Crippen molar-refractivity contribution in [3.63, 3.8) is 0 Å². The molecule has 0 aromatic heterocycles. The van der Waals surface area contributed by atoms with Crippen molar-refractivity contribution in [2.45, 2.75) is 69.9 Å². The fourth-order valence-electron chi connectivity index (χ4n) is 3.04. The third kappa shape index (κ3) is 2.84. The summed E-state index contributed by atoms with van der Waals surface area (Å²) in [6.45, 7) is 7.26. The van der Waals surface area contributed by atoms with Crippen molar-refractivity contribution in [3.05, 3.63) is 29.8 Å². The number of unbranched alkanes of at least 4 members (excludes halogenated alkanes) is 2. The molecule has 0 bridgehead atoms. The third-order valence-electron chi connectivity index (χ3n) is 4.69. The van der Waals surface area contributed by atoms with Gasteiger partial charge in [-0.05, 0) is 39.3 Å². The molecular weight excluding hydrogens is 298 g/mol. The van der Waals surface area contributed by atoms with E-state index in [1.807, 2.05) is 6.92 Å². The summed E-state index contributed by atoms with van der Waals surface area (Å²) in [7, 11) is -3.61. The van der Waals surface area contributed by atoms with E-state index in [9.17, 15) is 13.2 Å². The van der Waals surface area contributed by atoms with Crippen molar-refractivity contribution in [1.82, 2.24) is 4.31 Å². The molecule has 5 heteroatoms. The summed E-state index contributed by atoms with van der Waals surface area (Å²) in [6.07, 6.45) is 3.83. The molecule has 1 fully saturated rings. The Morgan fingerprint density at radius 1 is 1.23 bits per heavy atom. The SMILES string of the molecule is CCCCC[C@H]1N(S(=O)(=O)c2ccc(C)cc2)[C@@]1(C)C(C)=O. The van der Waals surface area contributed by atoms with E-state index in [1.54, 1.807) is 31.2 Å². The quantitative estimate of drug-likeness (QED) is 0.571. The van der Waals surface area contributed by atoms with Gasteiger partial charge in [-0.2, -0.15) is 4.31 Å². The van der Waals surface area contributed by atoms with Crippen molar-refractivity contribution in [3.8, 4) is 0 Å². The molecule has 2 rings (SSSR count). The summed E-state index contributed by atoms with van der Waals surface area (Å²) in [5.41, 5.74) is 0.135. The molecule has 1 heterocycles. The van der Waals surface area contributed by atoms with Gasteiger partial charge in [0.2, 0.25) is 10.0 Å². The smallest absolute Gasteiger partial charge is 0.244 e. The van der Waals surface area contributed by atoms with Gasteiger partial charge in [-0.15, -0.1) is 0 Å². The maximum absolute atomic E-state index is 12.8. The first-order valence-corrected chi connectivity index (χ1v) is 9.32. The van der Waals surface area contributed by atoms with E-state index in [0.717, 1.165) is 31.2 Å². The maximum Gasteiger partial charge on any atom is 0.244 e. The van der Waals surface area contributed by atoms with Gasteiger partial charge < -0.3 is 0 Å². The van der Waals surface area contributed by atoms with Crippen LogP contribution in [0.5, 0.6) is 0 Å². The molecule has 0 amide bonds. The molecule has 1 unspecified atom stereocenters. The molecule has 22 heavy (non-hydrogen) atoms. The Morgan fingerprint density at radius 2 is 1.82 bits per heavy atom. The van der Waals surface area contributed by atoms with Crippen molar-refractivity contribution >= 4 is 15.8 Å². The highest BCUT2D eigenvalue weighted by Crippen LogP contribution is 2.48. The predicted octanol–water partition coefficient (Wildman–Crippen LogP) is 3.30. The molecule has 0 spiro atoms. The van der Waals surface area contributed by atoms with E-state index in [2.05, 4.69) is 6.92 Å². The molecular formula is C17H25NO3S. The number of hydrogen-bond acceptors (Lipinski definition) is 3. The van der Waals surface area contributed by atoms with Crippen LogP contribution in [-0.2, 0) is 14.8 Å². The van der Waals surface area contributed by atoms with Crippen LogP contribution >= 0.6 is 0 Å². The van der Waals surface area contributed by atoms with Crippen LogP contribution < -0.4 is 0 Å². The number of hydrogen-bond donors (Lipinski definition) is 0. The standard InChI is InChI=1S/C17H25NO3S/c1-5-6-7-8-16-17(4,14(3)19)18(16)22(20,21)15-11-9-13(2)10-12-15/h9-12,16H,5-8H2,1-4H3/t16-,17+,18?/m1/s1. The fourth-order valence-corrected chi connectivity index (χ4v) is 5.10. The summed E-state index contributed by atoms with van der Waals surface area (Å²) in [5, 5.41) is 0. The first-order valence-electron chi connectivity index (χ1n) is 7.88. The van der Waals surface area contributed by atoms with Gasteiger partial charge in [-0.25, -0.2) is 8.42 Å². The van der Waals surface area contributed by atoms with Gasteiger partial charge in [-0.3, -0.25) is 4.79 Å². The zero-order valence-electron chi connectivity index (χ0n) is 13.8. The molecule has 0 saturated carbocycles. The van der Waals surface area contributed by atoms with E-state index in [1.165, 1.54) is 11.2 Å². The largest absolute Gasteiger partial charge is 0.298 e. The summed E-state index contributed by atoms with van der Waals surface area (Å²) < 4.78 is 27.1. The molecule has 0 N–H and O–H groups in total. The minimum atomic E-state index is -3.61. The van der Waals surface area contributed by atoms with Crippen molar-refractivity contribution < 1.29 is 13.2 Å². The molecule has 0 aliphatic carbocycles. The average molecular weight is 323 g/mol. The van der Waals surface area contributed by atoms with Crippen LogP contribution in [0.2, 0.25) is 0 Å². The molecule has 1 aromatic carbocycles. The second kappa shape index (κ2) is 6.13. The highest BCUT2D eigenvalue weighted by atomic mass is 32.2. The minimum Gasteiger partial charge on any atom is -0.298 e. The molecule has 3 atom stereocenters. The normalized spacial score (nSPS) is 27.6. The lowest BCUT2D eigenvalue weighted by Gasteiger charge is -2.10. The summed E-state index contributed by atoms with van der Waals surface area (Å²) in [6, 6.07) is 6.60. The van der Waals surface area contributed by atoms with Crippen LogP contribution in [0.4, 0.5) is 0 Å². The number of Topliss-reactive ketones (excluding diaryl/α,β-unsaturated/α-hetero) is 1. The lowest BCUT2D eigenvalue weighted by atomic mass is 9.99. The van der Waals surface area contributed by atoms with Gasteiger partial charge in [0.05, 0.1) is 10.9 Å². The van der Waals surface area contributed by atoms with Crippen molar-refractivity contribution in [2.75, 3.05) is 0 Å². The number of benzene rings is 1. The first-order chi connectivity index (χ1) is 10.3. The summed E-state index contributed by atoms with van der Waals surface area (Å²) >= 11 is 0. The maximum atomic E-state index is 12.8. The van der Waals surface area contributed by atoms with Gasteiger partial charge in [0, 0.05) is 0 Å². The van der Waals surface area contributed by atoms with Crippen LogP contribution in [0.3, 0.4) is 0 Å². The molecule has 1 saturated heterocycles. The minimum absolute atomic E-state index is 0.0790. The number of carbonyl (C=O) groups excluding carboxylic acids is 1. The molecule has 1 aliphatic heterocycles. The Bertz CT molecular complexity index is 651. The van der Waals surface area contributed by atoms with Crippen LogP contribution in [-0.4, -0.2) is 30.1 Å². The van der Waals surface area contributed by atoms with Gasteiger partial charge in [0.1, 0.15) is 5.54 Å². The summed E-state index contributed by atoms with van der Waals surface area (Å²) in [4.78, 5) is 12.3. The van der Waals surface area contributed by atoms with E-state index < -0.39 is 15.6 Å². The Morgan fingerprint density at radius 3 is 2.32 bits per heavy atom. The van der Waals surface area contributed by atoms with E-state index in [4.69, 9.17) is 0 Å². The predicted molar refractivity (Wildman–Crippen MR) is 87.2 cm³/mol. The van der Waals surface area contributed by atoms with Crippen molar-refractivity contribution in [1.29, 1.82) is 0 Å². The highest BCUT2D eigenvalue weighted by Gasteiger charge is 2.67. The zero-order chi connectivity index (χ0) is 16.5. The fraction of sp³-hybridized carbons (Fsp3) is 0.588. The first kappa shape index (κ1) is 17.2. The summed E-state index contributed by atoms with van der Waals surface area (Å²) in [5.74, 6) is -0.0790. The topological polar surface area (TPSA) is 54.2 Å². The Labute approximate surface area is 133 Å². The van der Waals surface area contributed by atoms with Crippen LogP contribution in [0, 0.1) is 6.92 Å². The monoisotopic (exact) mass is 323 g/mol. The van der Waals surface area contributed by atoms with Gasteiger partial charge in [0.25, 0.3) is 0 Å². The Kier molecular flexibility index (Phi) is 4.78. The highest BCUT2D eigenvalue weighted by molar-refractivity contribution is 7.89. The number of rotatable bonds is 7. The molecule has 1 aromatic rings. The number of carbonyl (C=O) groups is 1. The van der Waals surface area contributed by atoms with E-state index >= 15 is 0 Å². The average Bonchev–Trinajstić information content (AvgIpc) is 3.07. The third-order valence-corrected chi connectivity index (χ3v) is 6.71. The molecule has 4 nitrogen and oxygen atoms in total. The van der Waals surface area contributed by atoms with Crippen LogP contribution in [0.15, 0.2) is 29.2 Å². The van der Waals surface area contributed by atoms with Gasteiger partial charge in [0.15, 0.2) is 5.78 Å². The second-order valence-electron chi connectivity index (χ2n) is 6.33. The van der Waals surface area contributed by atoms with E-state index in [-0.39, 0.29) is 16.7 Å². The van der Waals surface area contributed by atoms with E-state index in [0.29, 0.717) is 0 Å². The zero-order valence-corrected chi connectivity index (χ0v) is 14.6. The number of sulfonamides is 1. The number of ketones is 1. The van der Waals surface area contributed by atoms with Gasteiger partial charge in [-0.1, -0.05) is 43.9 Å². The Hall–Kier alpha value is -1.20. The number of nitrogens with zero attached hydrogens (tertiary/aromatic N) is 1. The molecule has 1 aliphatic rings. The van der Waals surface area contributed by atoms with Gasteiger partial charge >= 0.3 is 0 Å².